The summed E-state index contributed by atoms with van der Waals surface area (Å²) in [6.45, 7) is 5.44. The molecule has 3 rings (SSSR count). The van der Waals surface area contributed by atoms with Crippen LogP contribution in [0, 0.1) is 0 Å². The lowest BCUT2D eigenvalue weighted by molar-refractivity contribution is -0.110. The van der Waals surface area contributed by atoms with Gasteiger partial charge in [-0.25, -0.2) is 13.4 Å². The second-order valence-corrected chi connectivity index (χ2v) is 8.69. The van der Waals surface area contributed by atoms with Crippen LogP contribution < -0.4 is 10.0 Å². The zero-order valence-electron chi connectivity index (χ0n) is 18.3. The van der Waals surface area contributed by atoms with Gasteiger partial charge >= 0.3 is 0 Å². The molecule has 0 bridgehead atoms. The number of aryl methyl sites for hydroxylation is 1. The number of hydrogen-bond acceptors (Lipinski definition) is 7. The van der Waals surface area contributed by atoms with Crippen LogP contribution in [0.2, 0.25) is 0 Å². The number of aromatic nitrogens is 4. The van der Waals surface area contributed by atoms with Gasteiger partial charge in [-0.15, -0.1) is 0 Å². The summed E-state index contributed by atoms with van der Waals surface area (Å²) >= 11 is 0. The first kappa shape index (κ1) is 23.5. The maximum Gasteiger partial charge on any atom is 0.274 e. The normalized spacial score (nSPS) is 12.3. The van der Waals surface area contributed by atoms with Crippen LogP contribution in [-0.4, -0.2) is 46.0 Å². The van der Waals surface area contributed by atoms with E-state index in [1.807, 2.05) is 6.07 Å². The van der Waals surface area contributed by atoms with Crippen molar-refractivity contribution in [2.75, 3.05) is 16.3 Å². The van der Waals surface area contributed by atoms with Crippen molar-refractivity contribution in [3.63, 3.8) is 0 Å². The number of nitrogens with zero attached hydrogens (tertiary/aromatic N) is 5. The maximum atomic E-state index is 13.0. The summed E-state index contributed by atoms with van der Waals surface area (Å²) in [6.07, 6.45) is 10.3. The number of carbonyl (C=O) groups is 1. The van der Waals surface area contributed by atoms with Crippen molar-refractivity contribution in [2.24, 2.45) is 12.0 Å². The topological polar surface area (TPSA) is 131 Å². The summed E-state index contributed by atoms with van der Waals surface area (Å²) in [5.74, 6) is -0.493. The highest BCUT2D eigenvalue weighted by Gasteiger charge is 2.17. The van der Waals surface area contributed by atoms with Gasteiger partial charge in [0.1, 0.15) is 11.4 Å². The van der Waals surface area contributed by atoms with Crippen LogP contribution in [0.3, 0.4) is 0 Å². The molecule has 0 unspecified atom stereocenters. The number of amides is 1. The van der Waals surface area contributed by atoms with Crippen molar-refractivity contribution in [2.45, 2.75) is 6.92 Å². The molecule has 0 saturated carbocycles. The average molecular weight is 466 g/mol. The van der Waals surface area contributed by atoms with Crippen LogP contribution in [0.4, 0.5) is 11.4 Å². The number of allylic oxidation sites excluding steroid dienone is 1. The number of rotatable bonds is 8. The van der Waals surface area contributed by atoms with E-state index in [1.165, 1.54) is 18.5 Å². The molecule has 0 spiro atoms. The Morgan fingerprint density at radius 3 is 2.70 bits per heavy atom. The third-order valence-corrected chi connectivity index (χ3v) is 4.87. The van der Waals surface area contributed by atoms with E-state index in [4.69, 9.17) is 0 Å². The lowest BCUT2D eigenvalue weighted by Crippen LogP contribution is -2.21. The lowest BCUT2D eigenvalue weighted by atomic mass is 10.2. The van der Waals surface area contributed by atoms with Crippen LogP contribution in [0.15, 0.2) is 72.8 Å². The fraction of sp³-hybridized carbons (Fsp3) is 0.136. The van der Waals surface area contributed by atoms with Gasteiger partial charge in [0.15, 0.2) is 0 Å². The monoisotopic (exact) mass is 465 g/mol. The zero-order valence-corrected chi connectivity index (χ0v) is 19.2. The summed E-state index contributed by atoms with van der Waals surface area (Å²) in [7, 11) is -1.72. The molecule has 0 aromatic carbocycles. The van der Waals surface area contributed by atoms with Gasteiger partial charge in [0.25, 0.3) is 5.91 Å². The predicted octanol–water partition coefficient (Wildman–Crippen LogP) is 2.88. The molecule has 10 nitrogen and oxygen atoms in total. The van der Waals surface area contributed by atoms with Crippen LogP contribution in [-0.2, 0) is 21.9 Å². The van der Waals surface area contributed by atoms with E-state index in [9.17, 15) is 13.2 Å². The molecular weight excluding hydrogens is 442 g/mol. The van der Waals surface area contributed by atoms with Gasteiger partial charge in [-0.3, -0.25) is 24.2 Å². The first-order valence-electron chi connectivity index (χ1n) is 9.77. The first-order chi connectivity index (χ1) is 15.7. The maximum absolute atomic E-state index is 13.0. The molecule has 3 aromatic heterocycles. The minimum absolute atomic E-state index is 0.0559. The van der Waals surface area contributed by atoms with Gasteiger partial charge in [0.2, 0.25) is 10.0 Å². The summed E-state index contributed by atoms with van der Waals surface area (Å²) in [6, 6.07) is 6.99. The van der Waals surface area contributed by atoms with E-state index in [1.54, 1.807) is 55.3 Å². The third kappa shape index (κ3) is 6.20. The zero-order chi connectivity index (χ0) is 24.0. The smallest absolute Gasteiger partial charge is 0.274 e. The Morgan fingerprint density at radius 2 is 2.06 bits per heavy atom. The Labute approximate surface area is 191 Å². The largest absolute Gasteiger partial charge is 0.317 e. The molecule has 170 valence electrons. The molecule has 33 heavy (non-hydrogen) atoms. The summed E-state index contributed by atoms with van der Waals surface area (Å²) in [4.78, 5) is 25.7. The number of aliphatic imine (C=N–C) groups is 1. The van der Waals surface area contributed by atoms with Gasteiger partial charge < -0.3 is 5.32 Å². The predicted molar refractivity (Wildman–Crippen MR) is 129 cm³/mol. The Balaban J connectivity index is 1.89. The average Bonchev–Trinajstić information content (AvgIpc) is 3.14. The van der Waals surface area contributed by atoms with Gasteiger partial charge in [0, 0.05) is 31.2 Å². The molecular formula is C22H23N7O3S. The summed E-state index contributed by atoms with van der Waals surface area (Å²) in [5.41, 5.74) is 2.88. The number of nitrogens with one attached hydrogen (secondary N) is 2. The van der Waals surface area contributed by atoms with Crippen molar-refractivity contribution in [3.8, 4) is 11.4 Å². The molecule has 1 amide bonds. The van der Waals surface area contributed by atoms with Crippen LogP contribution in [0.25, 0.3) is 17.1 Å². The van der Waals surface area contributed by atoms with E-state index in [0.717, 1.165) is 6.26 Å². The standard InChI is InChI=1S/C22H23N7O3S/c1-5-17(15-11-16(13-23-12-15)28-33(4,31)32)25-18(6-2)22(30)26-20-14-29(3)27-21(20)19-9-7-8-10-24-19/h5-14,28H,2H2,1,3-4H3,(H,26,30)/b17-5-,25-18?. The highest BCUT2D eigenvalue weighted by molar-refractivity contribution is 7.92. The molecule has 0 fully saturated rings. The van der Waals surface area contributed by atoms with Crippen molar-refractivity contribution in [3.05, 3.63) is 73.3 Å². The molecule has 2 N–H and O–H groups in total. The number of pyridine rings is 2. The molecule has 0 atom stereocenters. The Morgan fingerprint density at radius 1 is 1.27 bits per heavy atom. The minimum atomic E-state index is -3.47. The van der Waals surface area contributed by atoms with Crippen LogP contribution in [0.1, 0.15) is 12.5 Å². The molecule has 0 saturated heterocycles. The fourth-order valence-corrected chi connectivity index (χ4v) is 3.46. The quantitative estimate of drug-likeness (QED) is 0.492. The number of anilines is 2. The number of hydrogen-bond donors (Lipinski definition) is 2. The van der Waals surface area contributed by atoms with Crippen LogP contribution in [0.5, 0.6) is 0 Å². The molecule has 0 aliphatic rings. The first-order valence-corrected chi connectivity index (χ1v) is 11.7. The number of sulfonamides is 1. The Bertz CT molecular complexity index is 1340. The van der Waals surface area contributed by atoms with E-state index in [0.29, 0.717) is 28.3 Å². The van der Waals surface area contributed by atoms with Gasteiger partial charge in [-0.1, -0.05) is 18.7 Å². The highest BCUT2D eigenvalue weighted by atomic mass is 32.2. The van der Waals surface area contributed by atoms with E-state index < -0.39 is 15.9 Å². The molecule has 0 aliphatic heterocycles. The second kappa shape index (κ2) is 10.0. The molecule has 11 heteroatoms. The Hall–Kier alpha value is -4.12. The lowest BCUT2D eigenvalue weighted by Gasteiger charge is -2.09. The van der Waals surface area contributed by atoms with Gasteiger partial charge in [-0.2, -0.15) is 5.10 Å². The van der Waals surface area contributed by atoms with Crippen molar-refractivity contribution >= 4 is 38.7 Å². The van der Waals surface area contributed by atoms with Crippen molar-refractivity contribution < 1.29 is 13.2 Å². The van der Waals surface area contributed by atoms with Gasteiger partial charge in [0.05, 0.1) is 35.2 Å². The fourth-order valence-electron chi connectivity index (χ4n) is 2.92. The highest BCUT2D eigenvalue weighted by Crippen LogP contribution is 2.25. The molecule has 0 aliphatic carbocycles. The van der Waals surface area contributed by atoms with E-state index in [2.05, 4.69) is 36.7 Å². The number of carbonyl (C=O) groups excluding carboxylic acids is 1. The third-order valence-electron chi connectivity index (χ3n) is 4.26. The van der Waals surface area contributed by atoms with Crippen molar-refractivity contribution in [1.29, 1.82) is 0 Å². The molecule has 3 aromatic rings. The minimum Gasteiger partial charge on any atom is -0.317 e. The Kier molecular flexibility index (Phi) is 7.13. The van der Waals surface area contributed by atoms with E-state index in [-0.39, 0.29) is 11.4 Å². The van der Waals surface area contributed by atoms with Crippen molar-refractivity contribution in [1.82, 2.24) is 19.7 Å². The van der Waals surface area contributed by atoms with E-state index >= 15 is 0 Å². The van der Waals surface area contributed by atoms with Gasteiger partial charge in [-0.05, 0) is 31.2 Å². The van der Waals surface area contributed by atoms with Crippen LogP contribution >= 0.6 is 0 Å². The molecule has 0 radical (unpaired) electrons. The summed E-state index contributed by atoms with van der Waals surface area (Å²) in [5, 5.41) is 7.19. The molecule has 3 heterocycles. The SMILES string of the molecule is C=CC(=N/C(=C\C)c1cncc(NS(C)(=O)=O)c1)C(=O)Nc1cn(C)nc1-c1ccccn1. The second-order valence-electron chi connectivity index (χ2n) is 6.95. The summed E-state index contributed by atoms with van der Waals surface area (Å²) < 4.78 is 27.0.